The van der Waals surface area contributed by atoms with Crippen molar-refractivity contribution >= 4 is 45.1 Å². The molecule has 2 rings (SSSR count). The highest BCUT2D eigenvalue weighted by Crippen LogP contribution is 2.29. The first kappa shape index (κ1) is 15.4. The number of aryl methyl sites for hydroxylation is 2. The molecule has 0 saturated carbocycles. The number of carbonyl (C=O) groups is 1. The van der Waals surface area contributed by atoms with Crippen LogP contribution in [0.4, 0.5) is 0 Å². The van der Waals surface area contributed by atoms with Crippen molar-refractivity contribution in [3.63, 3.8) is 0 Å². The van der Waals surface area contributed by atoms with Crippen LogP contribution in [0.25, 0.3) is 0 Å². The fourth-order valence-corrected chi connectivity index (χ4v) is 3.03. The molecule has 0 atom stereocenters. The minimum Gasteiger partial charge on any atom is -0.422 e. The van der Waals surface area contributed by atoms with Crippen molar-refractivity contribution in [1.82, 2.24) is 0 Å². The van der Waals surface area contributed by atoms with Crippen LogP contribution in [-0.2, 0) is 0 Å². The van der Waals surface area contributed by atoms with E-state index in [0.717, 1.165) is 15.6 Å². The van der Waals surface area contributed by atoms with Crippen molar-refractivity contribution in [2.75, 3.05) is 0 Å². The van der Waals surface area contributed by atoms with Gasteiger partial charge in [-0.15, -0.1) is 0 Å². The maximum atomic E-state index is 12.2. The third-order valence-electron chi connectivity index (χ3n) is 2.77. The number of carbonyl (C=O) groups excluding carboxylic acids is 1. The molecule has 2 nitrogen and oxygen atoms in total. The van der Waals surface area contributed by atoms with Gasteiger partial charge in [0.2, 0.25) is 0 Å². The van der Waals surface area contributed by atoms with Crippen LogP contribution in [0.1, 0.15) is 21.5 Å². The second-order valence-electron chi connectivity index (χ2n) is 4.38. The molecule has 0 aliphatic heterocycles. The lowest BCUT2D eigenvalue weighted by atomic mass is 10.1. The highest BCUT2D eigenvalue weighted by Gasteiger charge is 2.16. The van der Waals surface area contributed by atoms with E-state index in [1.54, 1.807) is 12.1 Å². The molecule has 20 heavy (non-hydrogen) atoms. The summed E-state index contributed by atoms with van der Waals surface area (Å²) in [5.41, 5.74) is 2.03. The fraction of sp³-hybridized carbons (Fsp3) is 0.133. The summed E-state index contributed by atoms with van der Waals surface area (Å²) in [6.45, 7) is 3.76. The third kappa shape index (κ3) is 3.35. The van der Waals surface area contributed by atoms with Crippen LogP contribution in [0.15, 0.2) is 34.8 Å². The molecule has 5 heteroatoms. The third-order valence-corrected chi connectivity index (χ3v) is 3.78. The van der Waals surface area contributed by atoms with Crippen molar-refractivity contribution in [3.05, 3.63) is 61.5 Å². The smallest absolute Gasteiger partial charge is 0.345 e. The van der Waals surface area contributed by atoms with Crippen LogP contribution in [0.3, 0.4) is 0 Å². The van der Waals surface area contributed by atoms with Crippen LogP contribution < -0.4 is 4.74 Å². The monoisotopic (exact) mass is 372 g/mol. The first-order valence-electron chi connectivity index (χ1n) is 5.82. The van der Waals surface area contributed by atoms with Crippen LogP contribution in [0.2, 0.25) is 10.0 Å². The SMILES string of the molecule is Cc1cc(Br)cc(C)c1OC(=O)c1ccc(Cl)cc1Cl. The van der Waals surface area contributed by atoms with Gasteiger partial charge in [0.15, 0.2) is 0 Å². The number of hydrogen-bond donors (Lipinski definition) is 0. The Hall–Kier alpha value is -1.03. The van der Waals surface area contributed by atoms with Crippen LogP contribution in [0, 0.1) is 13.8 Å². The summed E-state index contributed by atoms with van der Waals surface area (Å²) in [6.07, 6.45) is 0. The van der Waals surface area contributed by atoms with Gasteiger partial charge in [0.05, 0.1) is 10.6 Å². The van der Waals surface area contributed by atoms with E-state index in [1.165, 1.54) is 6.07 Å². The minimum atomic E-state index is -0.500. The number of rotatable bonds is 2. The van der Waals surface area contributed by atoms with Gasteiger partial charge in [-0.25, -0.2) is 4.79 Å². The fourth-order valence-electron chi connectivity index (χ4n) is 1.86. The summed E-state index contributed by atoms with van der Waals surface area (Å²) >= 11 is 15.2. The maximum absolute atomic E-state index is 12.2. The first-order chi connectivity index (χ1) is 9.38. The summed E-state index contributed by atoms with van der Waals surface area (Å²) in [4.78, 5) is 12.2. The van der Waals surface area contributed by atoms with E-state index in [2.05, 4.69) is 15.9 Å². The Balaban J connectivity index is 2.33. The van der Waals surface area contributed by atoms with Crippen LogP contribution in [-0.4, -0.2) is 5.97 Å². The molecule has 0 spiro atoms. The Bertz CT molecular complexity index is 661. The summed E-state index contributed by atoms with van der Waals surface area (Å²) in [7, 11) is 0. The molecule has 0 fully saturated rings. The summed E-state index contributed by atoms with van der Waals surface area (Å²) in [5, 5.41) is 0.748. The lowest BCUT2D eigenvalue weighted by Crippen LogP contribution is -2.11. The molecule has 0 bridgehead atoms. The van der Waals surface area contributed by atoms with Crippen molar-refractivity contribution in [1.29, 1.82) is 0 Å². The van der Waals surface area contributed by atoms with E-state index >= 15 is 0 Å². The van der Waals surface area contributed by atoms with E-state index in [0.29, 0.717) is 10.8 Å². The number of hydrogen-bond acceptors (Lipinski definition) is 2. The topological polar surface area (TPSA) is 26.3 Å². The van der Waals surface area contributed by atoms with Crippen molar-refractivity contribution in [3.8, 4) is 5.75 Å². The number of ether oxygens (including phenoxy) is 1. The molecule has 0 N–H and O–H groups in total. The zero-order chi connectivity index (χ0) is 14.9. The average Bonchev–Trinajstić information content (AvgIpc) is 2.33. The molecule has 0 unspecified atom stereocenters. The molecular formula is C15H11BrCl2O2. The molecule has 0 radical (unpaired) electrons. The molecule has 0 aromatic heterocycles. The summed E-state index contributed by atoms with van der Waals surface area (Å²) in [5.74, 6) is 0.0457. The predicted molar refractivity (Wildman–Crippen MR) is 85.0 cm³/mol. The quantitative estimate of drug-likeness (QED) is 0.506. The average molecular weight is 374 g/mol. The van der Waals surface area contributed by atoms with Gasteiger partial charge in [-0.3, -0.25) is 0 Å². The van der Waals surface area contributed by atoms with E-state index in [9.17, 15) is 4.79 Å². The zero-order valence-electron chi connectivity index (χ0n) is 10.8. The molecule has 0 amide bonds. The normalized spacial score (nSPS) is 10.4. The number of halogens is 3. The highest BCUT2D eigenvalue weighted by molar-refractivity contribution is 9.10. The predicted octanol–water partition coefficient (Wildman–Crippen LogP) is 5.59. The van der Waals surface area contributed by atoms with Gasteiger partial charge in [-0.1, -0.05) is 39.1 Å². The van der Waals surface area contributed by atoms with Crippen LogP contribution >= 0.6 is 39.1 Å². The van der Waals surface area contributed by atoms with Gasteiger partial charge >= 0.3 is 5.97 Å². The minimum absolute atomic E-state index is 0.273. The van der Waals surface area contributed by atoms with Crippen molar-refractivity contribution in [2.24, 2.45) is 0 Å². The Morgan fingerprint density at radius 1 is 1.10 bits per heavy atom. The maximum Gasteiger partial charge on any atom is 0.345 e. The van der Waals surface area contributed by atoms with Crippen molar-refractivity contribution < 1.29 is 9.53 Å². The molecule has 104 valence electrons. The van der Waals surface area contributed by atoms with Gasteiger partial charge in [0.25, 0.3) is 0 Å². The van der Waals surface area contributed by atoms with Gasteiger partial charge in [-0.05, 0) is 55.3 Å². The van der Waals surface area contributed by atoms with E-state index in [1.807, 2.05) is 26.0 Å². The molecule has 0 aliphatic carbocycles. The van der Waals surface area contributed by atoms with Gasteiger partial charge < -0.3 is 4.74 Å². The van der Waals surface area contributed by atoms with Gasteiger partial charge in [0, 0.05) is 9.50 Å². The first-order valence-corrected chi connectivity index (χ1v) is 7.37. The lowest BCUT2D eigenvalue weighted by Gasteiger charge is -2.12. The number of benzene rings is 2. The summed E-state index contributed by atoms with van der Waals surface area (Å²) < 4.78 is 6.39. The summed E-state index contributed by atoms with van der Waals surface area (Å²) in [6, 6.07) is 8.45. The Morgan fingerprint density at radius 2 is 1.70 bits per heavy atom. The number of esters is 1. The Labute approximate surface area is 135 Å². The van der Waals surface area contributed by atoms with E-state index in [-0.39, 0.29) is 10.6 Å². The molecule has 0 saturated heterocycles. The standard InChI is InChI=1S/C15H11BrCl2O2/c1-8-5-10(16)6-9(2)14(8)20-15(19)12-4-3-11(17)7-13(12)18/h3-7H,1-2H3. The Kier molecular flexibility index (Phi) is 4.74. The van der Waals surface area contributed by atoms with Gasteiger partial charge in [-0.2, -0.15) is 0 Å². The van der Waals surface area contributed by atoms with E-state index in [4.69, 9.17) is 27.9 Å². The molecule has 2 aromatic carbocycles. The van der Waals surface area contributed by atoms with E-state index < -0.39 is 5.97 Å². The molecule has 0 aliphatic rings. The van der Waals surface area contributed by atoms with Crippen LogP contribution in [0.5, 0.6) is 5.75 Å². The molecule has 0 heterocycles. The molecular weight excluding hydrogens is 363 g/mol. The second-order valence-corrected chi connectivity index (χ2v) is 6.14. The Morgan fingerprint density at radius 3 is 2.25 bits per heavy atom. The second kappa shape index (κ2) is 6.17. The molecule has 2 aromatic rings. The van der Waals surface area contributed by atoms with Gasteiger partial charge in [0.1, 0.15) is 5.75 Å². The lowest BCUT2D eigenvalue weighted by molar-refractivity contribution is 0.0732. The largest absolute Gasteiger partial charge is 0.422 e. The van der Waals surface area contributed by atoms with Crippen molar-refractivity contribution in [2.45, 2.75) is 13.8 Å². The highest BCUT2D eigenvalue weighted by atomic mass is 79.9. The zero-order valence-corrected chi connectivity index (χ0v) is 13.9.